The van der Waals surface area contributed by atoms with Crippen LogP contribution in [0.2, 0.25) is 0 Å². The number of aromatic nitrogens is 1. The number of amides is 1. The highest BCUT2D eigenvalue weighted by Crippen LogP contribution is 2.29. The van der Waals surface area contributed by atoms with Crippen LogP contribution >= 0.6 is 0 Å². The zero-order valence-corrected chi connectivity index (χ0v) is 16.0. The van der Waals surface area contributed by atoms with Gasteiger partial charge in [0, 0.05) is 17.5 Å². The Balaban J connectivity index is 0.000000330. The number of halogens is 4. The van der Waals surface area contributed by atoms with Crippen LogP contribution in [0.25, 0.3) is 5.32 Å². The molecule has 154 valence electrons. The molecule has 0 bridgehead atoms. The van der Waals surface area contributed by atoms with E-state index in [0.29, 0.717) is 5.56 Å². The number of nitrogens with two attached hydrogens (primary N) is 1. The molecule has 1 heterocycles. The number of hydrogen-bond acceptors (Lipinski definition) is 3. The van der Waals surface area contributed by atoms with E-state index in [2.05, 4.69) is 15.0 Å². The van der Waals surface area contributed by atoms with Gasteiger partial charge in [0.1, 0.15) is 0 Å². The van der Waals surface area contributed by atoms with E-state index in [9.17, 15) is 22.4 Å². The third-order valence-corrected chi connectivity index (χ3v) is 3.17. The van der Waals surface area contributed by atoms with Crippen molar-refractivity contribution in [2.24, 2.45) is 5.73 Å². The summed E-state index contributed by atoms with van der Waals surface area (Å²) >= 11 is 0. The molecule has 9 heteroatoms. The predicted molar refractivity (Wildman–Crippen MR) is 97.4 cm³/mol. The van der Waals surface area contributed by atoms with Gasteiger partial charge in [0.2, 0.25) is 5.91 Å². The predicted octanol–water partition coefficient (Wildman–Crippen LogP) is 4.89. The Labute approximate surface area is 160 Å². The van der Waals surface area contributed by atoms with Crippen molar-refractivity contribution >= 4 is 5.91 Å². The van der Waals surface area contributed by atoms with Crippen molar-refractivity contribution in [3.8, 4) is 5.75 Å². The number of pyridine rings is 1. The number of rotatable bonds is 4. The van der Waals surface area contributed by atoms with E-state index in [1.807, 2.05) is 27.7 Å². The Morgan fingerprint density at radius 3 is 2.32 bits per heavy atom. The molecule has 28 heavy (non-hydrogen) atoms. The number of ether oxygens (including phenoxy) is 1. The van der Waals surface area contributed by atoms with E-state index in [-0.39, 0.29) is 17.6 Å². The van der Waals surface area contributed by atoms with Gasteiger partial charge in [-0.3, -0.25) is 9.78 Å². The molecule has 0 aliphatic carbocycles. The van der Waals surface area contributed by atoms with Crippen molar-refractivity contribution in [1.82, 2.24) is 4.98 Å². The van der Waals surface area contributed by atoms with Crippen LogP contribution in [0.1, 0.15) is 42.4 Å². The van der Waals surface area contributed by atoms with Crippen molar-refractivity contribution < 1.29 is 27.1 Å². The lowest BCUT2D eigenvalue weighted by atomic mass is 10.1. The second-order valence-electron chi connectivity index (χ2n) is 6.81. The quantitative estimate of drug-likeness (QED) is 0.743. The summed E-state index contributed by atoms with van der Waals surface area (Å²) < 4.78 is 53.3. The maximum atomic E-state index is 13.7. The van der Waals surface area contributed by atoms with E-state index in [1.165, 1.54) is 12.1 Å². The lowest BCUT2D eigenvalue weighted by molar-refractivity contribution is -0.275. The minimum atomic E-state index is -4.90. The number of alkyl halides is 3. The second kappa shape index (κ2) is 9.50. The Kier molecular flexibility index (Phi) is 7.92. The molecule has 1 amide bonds. The molecule has 0 spiro atoms. The monoisotopic (exact) mass is 400 g/mol. The average Bonchev–Trinajstić information content (AvgIpc) is 2.54. The van der Waals surface area contributed by atoms with E-state index < -0.39 is 23.8 Å². The Hall–Kier alpha value is -2.68. The molecule has 5 nitrogen and oxygen atoms in total. The summed E-state index contributed by atoms with van der Waals surface area (Å²) in [5.74, 6) is -2.27. The molecule has 2 aromatic rings. The van der Waals surface area contributed by atoms with Gasteiger partial charge in [0.15, 0.2) is 11.6 Å². The van der Waals surface area contributed by atoms with E-state index in [1.54, 1.807) is 18.3 Å². The summed E-state index contributed by atoms with van der Waals surface area (Å²) in [5, 5.41) is 4.15. The van der Waals surface area contributed by atoms with Gasteiger partial charge >= 0.3 is 6.36 Å². The summed E-state index contributed by atoms with van der Waals surface area (Å²) in [5.41, 5.74) is 6.02. The lowest BCUT2D eigenvalue weighted by Gasteiger charge is -2.36. The van der Waals surface area contributed by atoms with Crippen LogP contribution in [0.4, 0.5) is 17.6 Å². The molecule has 0 radical (unpaired) electrons. The van der Waals surface area contributed by atoms with Crippen molar-refractivity contribution in [1.29, 1.82) is 0 Å². The molecule has 0 fully saturated rings. The molecular formula is C19H22F4N3O2-. The Morgan fingerprint density at radius 2 is 1.86 bits per heavy atom. The molecule has 1 aromatic carbocycles. The van der Waals surface area contributed by atoms with Crippen LogP contribution in [0, 0.1) is 12.7 Å². The van der Waals surface area contributed by atoms with Gasteiger partial charge in [-0.05, 0) is 30.7 Å². The number of nitrogens with zero attached hydrogens (tertiary/aromatic N) is 2. The van der Waals surface area contributed by atoms with E-state index >= 15 is 0 Å². The van der Waals surface area contributed by atoms with Crippen LogP contribution in [0.3, 0.4) is 0 Å². The topological polar surface area (TPSA) is 79.3 Å². The fraction of sp³-hybridized carbons (Fsp3) is 0.368. The van der Waals surface area contributed by atoms with Crippen molar-refractivity contribution in [3.05, 3.63) is 64.5 Å². The first-order chi connectivity index (χ1) is 12.8. The molecule has 2 N–H and O–H groups in total. The number of carbonyl (C=O) groups excluding carboxylic acids is 1. The zero-order valence-electron chi connectivity index (χ0n) is 16.0. The average molecular weight is 400 g/mol. The van der Waals surface area contributed by atoms with Crippen molar-refractivity contribution in [3.63, 3.8) is 0 Å². The summed E-state index contributed by atoms with van der Waals surface area (Å²) in [6.45, 7) is 7.28. The standard InChI is InChI=1S/C12H14F4NO.C7H8N2O/c1-11(2,3)17-7-8-5-4-6-9(10(8)13)18-12(14,15)16;1-5-4-6(7(8)10)2-3-9-5/h4-6H,7H2,1-3H3;2-4H,1H3,(H2,8,10)/q-1;. The van der Waals surface area contributed by atoms with Gasteiger partial charge in [-0.15, -0.1) is 25.3 Å². The smallest absolute Gasteiger partial charge is 0.573 e. The molecule has 0 saturated heterocycles. The van der Waals surface area contributed by atoms with Crippen molar-refractivity contribution in [2.75, 3.05) is 0 Å². The van der Waals surface area contributed by atoms with Crippen LogP contribution in [-0.4, -0.2) is 22.8 Å². The van der Waals surface area contributed by atoms with Crippen LogP contribution in [0.5, 0.6) is 5.75 Å². The fourth-order valence-corrected chi connectivity index (χ4v) is 1.90. The highest BCUT2D eigenvalue weighted by atomic mass is 19.4. The number of aryl methyl sites for hydroxylation is 1. The van der Waals surface area contributed by atoms with Gasteiger partial charge in [0.05, 0.1) is 0 Å². The highest BCUT2D eigenvalue weighted by Gasteiger charge is 2.32. The molecule has 0 unspecified atom stereocenters. The zero-order chi connectivity index (χ0) is 21.5. The maximum Gasteiger partial charge on any atom is 0.573 e. The fourth-order valence-electron chi connectivity index (χ4n) is 1.90. The van der Waals surface area contributed by atoms with Crippen LogP contribution in [0.15, 0.2) is 36.5 Å². The number of primary amides is 1. The summed E-state index contributed by atoms with van der Waals surface area (Å²) in [6, 6.07) is 6.87. The minimum Gasteiger partial charge on any atom is -0.654 e. The first-order valence-corrected chi connectivity index (χ1v) is 8.23. The number of benzene rings is 1. The normalized spacial score (nSPS) is 11.4. The molecule has 0 aliphatic rings. The third-order valence-electron chi connectivity index (χ3n) is 3.17. The highest BCUT2D eigenvalue weighted by molar-refractivity contribution is 5.92. The maximum absolute atomic E-state index is 13.7. The summed E-state index contributed by atoms with van der Waals surface area (Å²) in [7, 11) is 0. The number of carbonyl (C=O) groups is 1. The molecule has 2 rings (SSSR count). The first kappa shape index (κ1) is 23.4. The van der Waals surface area contributed by atoms with E-state index in [4.69, 9.17) is 5.73 Å². The van der Waals surface area contributed by atoms with Crippen LogP contribution < -0.4 is 10.5 Å². The molecule has 0 aliphatic heterocycles. The molecular weight excluding hydrogens is 378 g/mol. The lowest BCUT2D eigenvalue weighted by Crippen LogP contribution is -2.18. The first-order valence-electron chi connectivity index (χ1n) is 8.23. The van der Waals surface area contributed by atoms with Crippen LogP contribution in [-0.2, 0) is 6.54 Å². The molecule has 0 atom stereocenters. The minimum absolute atomic E-state index is 0.00436. The van der Waals surface area contributed by atoms with Gasteiger partial charge in [0.25, 0.3) is 0 Å². The molecule has 0 saturated carbocycles. The summed E-state index contributed by atoms with van der Waals surface area (Å²) in [6.07, 6.45) is -3.34. The van der Waals surface area contributed by atoms with E-state index in [0.717, 1.165) is 11.8 Å². The van der Waals surface area contributed by atoms with Gasteiger partial charge in [-0.2, -0.15) is 0 Å². The van der Waals surface area contributed by atoms with Crippen molar-refractivity contribution in [2.45, 2.75) is 46.1 Å². The number of hydrogen-bond donors (Lipinski definition) is 1. The third kappa shape index (κ3) is 8.81. The van der Waals surface area contributed by atoms with Gasteiger partial charge in [-0.25, -0.2) is 4.39 Å². The van der Waals surface area contributed by atoms with Gasteiger partial charge < -0.3 is 15.8 Å². The molecule has 1 aromatic heterocycles. The largest absolute Gasteiger partial charge is 0.654 e. The Morgan fingerprint density at radius 1 is 1.21 bits per heavy atom. The van der Waals surface area contributed by atoms with Gasteiger partial charge in [-0.1, -0.05) is 32.9 Å². The second-order valence-corrected chi connectivity index (χ2v) is 6.81. The Bertz CT molecular complexity index is 802. The SMILES string of the molecule is CC(C)(C)[N-]Cc1cccc(OC(F)(F)F)c1F.Cc1cc(C(N)=O)ccn1. The summed E-state index contributed by atoms with van der Waals surface area (Å²) in [4.78, 5) is 14.5.